The van der Waals surface area contributed by atoms with E-state index in [0.717, 1.165) is 5.56 Å². The van der Waals surface area contributed by atoms with Crippen LogP contribution in [0.25, 0.3) is 0 Å². The molecule has 0 radical (unpaired) electrons. The van der Waals surface area contributed by atoms with Crippen LogP contribution in [0.3, 0.4) is 0 Å². The van der Waals surface area contributed by atoms with Gasteiger partial charge in [0.1, 0.15) is 10.8 Å². The van der Waals surface area contributed by atoms with E-state index >= 15 is 0 Å². The molecule has 0 fully saturated rings. The number of rotatable bonds is 2. The van der Waals surface area contributed by atoms with Crippen molar-refractivity contribution in [2.24, 2.45) is 0 Å². The normalized spacial score (nSPS) is 10.4. The number of nitrogens with two attached hydrogens (primary N) is 2. The number of hydrogen-bond donors (Lipinski definition) is 2. The van der Waals surface area contributed by atoms with Gasteiger partial charge in [-0.1, -0.05) is 23.7 Å². The van der Waals surface area contributed by atoms with Gasteiger partial charge in [-0.3, -0.25) is 0 Å². The summed E-state index contributed by atoms with van der Waals surface area (Å²) in [7, 11) is 0. The maximum atomic E-state index is 13.9. The van der Waals surface area contributed by atoms with Crippen molar-refractivity contribution in [1.29, 1.82) is 0 Å². The van der Waals surface area contributed by atoms with Gasteiger partial charge in [-0.25, -0.2) is 4.39 Å². The van der Waals surface area contributed by atoms with E-state index in [1.165, 1.54) is 6.07 Å². The van der Waals surface area contributed by atoms with Crippen LogP contribution in [0.5, 0.6) is 11.5 Å². The summed E-state index contributed by atoms with van der Waals surface area (Å²) in [5, 5.41) is -0.188. The predicted octanol–water partition coefficient (Wildman–Crippen LogP) is 3.74. The van der Waals surface area contributed by atoms with Crippen LogP contribution in [0, 0.1) is 12.7 Å². The molecule has 3 nitrogen and oxygen atoms in total. The summed E-state index contributed by atoms with van der Waals surface area (Å²) in [4.78, 5) is 0. The molecule has 0 unspecified atom stereocenters. The fraction of sp³-hybridized carbons (Fsp3) is 0.0769. The molecular formula is C13H12ClFN2O. The van der Waals surface area contributed by atoms with E-state index in [1.807, 2.05) is 13.0 Å². The van der Waals surface area contributed by atoms with Crippen molar-refractivity contribution >= 4 is 23.0 Å². The smallest absolute Gasteiger partial charge is 0.188 e. The molecule has 0 bridgehead atoms. The number of hydrogen-bond acceptors (Lipinski definition) is 3. The largest absolute Gasteiger partial charge is 0.452 e. The minimum Gasteiger partial charge on any atom is -0.452 e. The van der Waals surface area contributed by atoms with Crippen molar-refractivity contribution in [3.8, 4) is 11.5 Å². The van der Waals surface area contributed by atoms with E-state index in [2.05, 4.69) is 0 Å². The average Bonchev–Trinajstić information content (AvgIpc) is 2.32. The second-order valence-corrected chi connectivity index (χ2v) is 4.31. The molecule has 18 heavy (non-hydrogen) atoms. The summed E-state index contributed by atoms with van der Waals surface area (Å²) in [6.07, 6.45) is 0. The van der Waals surface area contributed by atoms with Gasteiger partial charge in [0.05, 0.1) is 11.4 Å². The Kier molecular flexibility index (Phi) is 3.30. The summed E-state index contributed by atoms with van der Waals surface area (Å²) >= 11 is 5.72. The highest BCUT2D eigenvalue weighted by molar-refractivity contribution is 6.33. The molecule has 0 heterocycles. The molecule has 0 atom stereocenters. The molecule has 94 valence electrons. The molecule has 0 aliphatic rings. The Hall–Kier alpha value is -1.94. The maximum absolute atomic E-state index is 13.9. The fourth-order valence-electron chi connectivity index (χ4n) is 1.55. The van der Waals surface area contributed by atoms with Gasteiger partial charge in [0.15, 0.2) is 11.6 Å². The van der Waals surface area contributed by atoms with Gasteiger partial charge in [0, 0.05) is 0 Å². The van der Waals surface area contributed by atoms with Crippen molar-refractivity contribution in [3.63, 3.8) is 0 Å². The lowest BCUT2D eigenvalue weighted by molar-refractivity contribution is 0.445. The minimum atomic E-state index is -0.754. The first kappa shape index (κ1) is 12.5. The lowest BCUT2D eigenvalue weighted by Crippen LogP contribution is -1.99. The molecule has 0 saturated carbocycles. The molecule has 0 aliphatic heterocycles. The first-order valence-electron chi connectivity index (χ1n) is 5.26. The molecule has 0 aromatic heterocycles. The van der Waals surface area contributed by atoms with Crippen LogP contribution in [0.2, 0.25) is 5.02 Å². The third-order valence-electron chi connectivity index (χ3n) is 2.43. The molecule has 4 N–H and O–H groups in total. The zero-order chi connectivity index (χ0) is 13.3. The number of halogens is 2. The van der Waals surface area contributed by atoms with E-state index in [4.69, 9.17) is 27.8 Å². The van der Waals surface area contributed by atoms with Gasteiger partial charge < -0.3 is 16.2 Å². The molecule has 2 rings (SSSR count). The van der Waals surface area contributed by atoms with Gasteiger partial charge >= 0.3 is 0 Å². The van der Waals surface area contributed by atoms with Crippen LogP contribution in [0.4, 0.5) is 15.8 Å². The van der Waals surface area contributed by atoms with Gasteiger partial charge in [-0.05, 0) is 30.7 Å². The highest BCUT2D eigenvalue weighted by Crippen LogP contribution is 2.38. The topological polar surface area (TPSA) is 61.3 Å². The molecule has 0 amide bonds. The zero-order valence-electron chi connectivity index (χ0n) is 9.71. The average molecular weight is 267 g/mol. The van der Waals surface area contributed by atoms with Gasteiger partial charge in [0.2, 0.25) is 0 Å². The Morgan fingerprint density at radius 2 is 1.89 bits per heavy atom. The second kappa shape index (κ2) is 4.74. The SMILES string of the molecule is Cc1cccc(Oc2c(N)cc(N)c(Cl)c2F)c1. The molecule has 0 aliphatic carbocycles. The Balaban J connectivity index is 2.44. The number of nitrogen functional groups attached to an aromatic ring is 2. The van der Waals surface area contributed by atoms with Crippen molar-refractivity contribution in [1.82, 2.24) is 0 Å². The minimum absolute atomic E-state index is 0.0864. The Morgan fingerprint density at radius 3 is 2.56 bits per heavy atom. The van der Waals surface area contributed by atoms with Crippen LogP contribution in [0.1, 0.15) is 5.56 Å². The molecule has 0 spiro atoms. The Labute approximate surface area is 109 Å². The number of anilines is 2. The first-order chi connectivity index (χ1) is 8.49. The molecule has 2 aromatic rings. The van der Waals surface area contributed by atoms with Crippen LogP contribution in [0.15, 0.2) is 30.3 Å². The van der Waals surface area contributed by atoms with Crippen molar-refractivity contribution < 1.29 is 9.13 Å². The van der Waals surface area contributed by atoms with E-state index in [1.54, 1.807) is 18.2 Å². The molecular weight excluding hydrogens is 255 g/mol. The predicted molar refractivity (Wildman–Crippen MR) is 71.5 cm³/mol. The van der Waals surface area contributed by atoms with Gasteiger partial charge in [-0.15, -0.1) is 0 Å². The zero-order valence-corrected chi connectivity index (χ0v) is 10.5. The van der Waals surface area contributed by atoms with Gasteiger partial charge in [0.25, 0.3) is 0 Å². The van der Waals surface area contributed by atoms with Crippen molar-refractivity contribution in [3.05, 3.63) is 46.7 Å². The number of benzene rings is 2. The highest BCUT2D eigenvalue weighted by atomic mass is 35.5. The van der Waals surface area contributed by atoms with E-state index in [-0.39, 0.29) is 22.1 Å². The molecule has 2 aromatic carbocycles. The standard InChI is InChI=1S/C13H12ClFN2O/c1-7-3-2-4-8(5-7)18-13-10(17)6-9(16)11(14)12(13)15/h2-6H,16-17H2,1H3. The molecule has 5 heteroatoms. The number of aryl methyl sites for hydroxylation is 1. The second-order valence-electron chi connectivity index (χ2n) is 3.93. The van der Waals surface area contributed by atoms with Crippen LogP contribution in [-0.2, 0) is 0 Å². The Bertz CT molecular complexity index is 602. The van der Waals surface area contributed by atoms with E-state index < -0.39 is 5.82 Å². The third-order valence-corrected chi connectivity index (χ3v) is 2.81. The highest BCUT2D eigenvalue weighted by Gasteiger charge is 2.16. The third kappa shape index (κ3) is 2.33. The summed E-state index contributed by atoms with van der Waals surface area (Å²) in [6.45, 7) is 1.91. The van der Waals surface area contributed by atoms with Crippen molar-refractivity contribution in [2.45, 2.75) is 6.92 Å². The first-order valence-corrected chi connectivity index (χ1v) is 5.64. The maximum Gasteiger partial charge on any atom is 0.188 e. The monoisotopic (exact) mass is 266 g/mol. The lowest BCUT2D eigenvalue weighted by Gasteiger charge is -2.12. The van der Waals surface area contributed by atoms with Crippen molar-refractivity contribution in [2.75, 3.05) is 11.5 Å². The quantitative estimate of drug-likeness (QED) is 0.814. The molecule has 0 saturated heterocycles. The summed E-state index contributed by atoms with van der Waals surface area (Å²) in [5.74, 6) is -0.378. The Morgan fingerprint density at radius 1 is 1.17 bits per heavy atom. The summed E-state index contributed by atoms with van der Waals surface area (Å²) in [5.41, 5.74) is 12.4. The van der Waals surface area contributed by atoms with E-state index in [9.17, 15) is 4.39 Å². The number of ether oxygens (including phenoxy) is 1. The van der Waals surface area contributed by atoms with Crippen LogP contribution < -0.4 is 16.2 Å². The van der Waals surface area contributed by atoms with Crippen LogP contribution in [-0.4, -0.2) is 0 Å². The summed E-state index contributed by atoms with van der Waals surface area (Å²) < 4.78 is 19.3. The fourth-order valence-corrected chi connectivity index (χ4v) is 1.69. The van der Waals surface area contributed by atoms with Gasteiger partial charge in [-0.2, -0.15) is 0 Å². The summed E-state index contributed by atoms with van der Waals surface area (Å²) in [6, 6.07) is 8.55. The van der Waals surface area contributed by atoms with E-state index in [0.29, 0.717) is 5.75 Å². The van der Waals surface area contributed by atoms with Crippen LogP contribution >= 0.6 is 11.6 Å². The lowest BCUT2D eigenvalue weighted by atomic mass is 10.2.